The van der Waals surface area contributed by atoms with Gasteiger partial charge in [-0.1, -0.05) is 0 Å². The molecule has 0 saturated heterocycles. The van der Waals surface area contributed by atoms with Crippen molar-refractivity contribution >= 4 is 16.6 Å². The van der Waals surface area contributed by atoms with Crippen LogP contribution in [0.5, 0.6) is 11.5 Å². The molecule has 0 aliphatic heterocycles. The molecule has 0 amide bonds. The van der Waals surface area contributed by atoms with Crippen LogP contribution in [0.25, 0.3) is 22.0 Å². The molecule has 0 spiro atoms. The lowest BCUT2D eigenvalue weighted by molar-refractivity contribution is 0.480. The van der Waals surface area contributed by atoms with E-state index < -0.39 is 5.82 Å². The molecule has 0 bridgehead atoms. The molecule has 29 heavy (non-hydrogen) atoms. The van der Waals surface area contributed by atoms with E-state index in [1.807, 2.05) is 6.07 Å². The van der Waals surface area contributed by atoms with E-state index in [2.05, 4.69) is 5.10 Å². The summed E-state index contributed by atoms with van der Waals surface area (Å²) in [7, 11) is 3.39. The number of aromatic nitrogens is 3. The molecule has 2 aromatic carbocycles. The monoisotopic (exact) mass is 389 g/mol. The molecular formula is C21H16FN5O2. The third-order valence-corrected chi connectivity index (χ3v) is 4.53. The zero-order chi connectivity index (χ0) is 20.7. The lowest BCUT2D eigenvalue weighted by Crippen LogP contribution is -2.16. The Morgan fingerprint density at radius 1 is 1.10 bits per heavy atom. The first kappa shape index (κ1) is 18.3. The predicted octanol–water partition coefficient (Wildman–Crippen LogP) is 3.32. The number of ether oxygens (including phenoxy) is 1. The van der Waals surface area contributed by atoms with Crippen LogP contribution in [0.4, 0.5) is 10.1 Å². The summed E-state index contributed by atoms with van der Waals surface area (Å²) in [5.41, 5.74) is 8.13. The molecule has 4 aromatic rings. The van der Waals surface area contributed by atoms with Gasteiger partial charge in [-0.15, -0.1) is 0 Å². The molecule has 2 heterocycles. The van der Waals surface area contributed by atoms with Crippen molar-refractivity contribution in [3.05, 3.63) is 70.5 Å². The Labute approximate surface area is 165 Å². The van der Waals surface area contributed by atoms with E-state index in [4.69, 9.17) is 10.5 Å². The summed E-state index contributed by atoms with van der Waals surface area (Å²) < 4.78 is 22.4. The summed E-state index contributed by atoms with van der Waals surface area (Å²) in [4.78, 5) is 12.5. The predicted molar refractivity (Wildman–Crippen MR) is 107 cm³/mol. The van der Waals surface area contributed by atoms with Crippen LogP contribution in [0.15, 0.2) is 53.6 Å². The zero-order valence-electron chi connectivity index (χ0n) is 15.7. The van der Waals surface area contributed by atoms with Crippen LogP contribution in [0.3, 0.4) is 0 Å². The molecule has 0 saturated carbocycles. The van der Waals surface area contributed by atoms with Gasteiger partial charge < -0.3 is 15.0 Å². The van der Waals surface area contributed by atoms with Gasteiger partial charge in [0.25, 0.3) is 5.56 Å². The molecular weight excluding hydrogens is 373 g/mol. The molecule has 144 valence electrons. The van der Waals surface area contributed by atoms with Crippen molar-refractivity contribution in [1.82, 2.24) is 14.3 Å². The molecule has 0 atom stereocenters. The highest BCUT2D eigenvalue weighted by atomic mass is 19.1. The second-order valence-electron chi connectivity index (χ2n) is 6.63. The first-order valence-corrected chi connectivity index (χ1v) is 8.68. The van der Waals surface area contributed by atoms with E-state index in [0.29, 0.717) is 33.5 Å². The van der Waals surface area contributed by atoms with Crippen molar-refractivity contribution in [2.45, 2.75) is 0 Å². The van der Waals surface area contributed by atoms with Crippen LogP contribution >= 0.6 is 0 Å². The molecule has 0 aliphatic carbocycles. The number of hydrogen-bond acceptors (Lipinski definition) is 5. The summed E-state index contributed by atoms with van der Waals surface area (Å²) in [6.45, 7) is 0. The lowest BCUT2D eigenvalue weighted by Gasteiger charge is -2.14. The number of nitrogens with zero attached hydrogens (tertiary/aromatic N) is 4. The highest BCUT2D eigenvalue weighted by Crippen LogP contribution is 2.38. The van der Waals surface area contributed by atoms with Gasteiger partial charge in [0, 0.05) is 43.3 Å². The summed E-state index contributed by atoms with van der Waals surface area (Å²) in [6, 6.07) is 10.7. The molecule has 7 nitrogen and oxygen atoms in total. The first-order chi connectivity index (χ1) is 13.9. The Bertz CT molecular complexity index is 1360. The standard InChI is InChI=1S/C21H16FN5O2/c1-26-10-16(20-17(21(26)28)11-27(2)25-20)15-8-14(24)4-6-19(15)29-18-5-3-13(22)7-12(18)9-23/h3-8,10-11H,24H2,1-2H3. The van der Waals surface area contributed by atoms with Gasteiger partial charge >= 0.3 is 0 Å². The number of nitrogen functional groups attached to an aromatic ring is 1. The van der Waals surface area contributed by atoms with E-state index in [9.17, 15) is 14.4 Å². The minimum absolute atomic E-state index is 0.0659. The van der Waals surface area contributed by atoms with Crippen molar-refractivity contribution in [2.24, 2.45) is 14.1 Å². The second kappa shape index (κ2) is 6.80. The number of halogens is 1. The second-order valence-corrected chi connectivity index (χ2v) is 6.63. The highest BCUT2D eigenvalue weighted by molar-refractivity contribution is 5.94. The number of hydrogen-bond donors (Lipinski definition) is 1. The number of aryl methyl sites for hydroxylation is 2. The minimum Gasteiger partial charge on any atom is -0.455 e. The smallest absolute Gasteiger partial charge is 0.261 e. The SMILES string of the molecule is Cn1cc2c(=O)n(C)cc(-c3cc(N)ccc3Oc3ccc(F)cc3C#N)c2n1. The van der Waals surface area contributed by atoms with Crippen molar-refractivity contribution in [1.29, 1.82) is 5.26 Å². The number of rotatable bonds is 3. The van der Waals surface area contributed by atoms with E-state index in [1.54, 1.807) is 49.4 Å². The van der Waals surface area contributed by atoms with Gasteiger partial charge in [0.2, 0.25) is 0 Å². The fraction of sp³-hybridized carbons (Fsp3) is 0.0952. The Hall–Kier alpha value is -4.12. The quantitative estimate of drug-likeness (QED) is 0.542. The maximum atomic E-state index is 13.5. The van der Waals surface area contributed by atoms with Crippen LogP contribution in [0, 0.1) is 17.1 Å². The fourth-order valence-electron chi connectivity index (χ4n) is 3.19. The Kier molecular flexibility index (Phi) is 4.28. The number of anilines is 1. The third-order valence-electron chi connectivity index (χ3n) is 4.53. The number of pyridine rings is 1. The van der Waals surface area contributed by atoms with Crippen LogP contribution < -0.4 is 16.0 Å². The van der Waals surface area contributed by atoms with Crippen LogP contribution in [-0.2, 0) is 14.1 Å². The third kappa shape index (κ3) is 3.19. The van der Waals surface area contributed by atoms with E-state index in [1.165, 1.54) is 16.7 Å². The van der Waals surface area contributed by atoms with E-state index >= 15 is 0 Å². The summed E-state index contributed by atoms with van der Waals surface area (Å²) in [6.07, 6.45) is 3.32. The van der Waals surface area contributed by atoms with Crippen molar-refractivity contribution in [2.75, 3.05) is 5.73 Å². The van der Waals surface area contributed by atoms with Crippen LogP contribution in [0.1, 0.15) is 5.56 Å². The molecule has 2 N–H and O–H groups in total. The average molecular weight is 389 g/mol. The van der Waals surface area contributed by atoms with Crippen molar-refractivity contribution < 1.29 is 9.13 Å². The maximum Gasteiger partial charge on any atom is 0.261 e. The van der Waals surface area contributed by atoms with Gasteiger partial charge in [-0.25, -0.2) is 4.39 Å². The zero-order valence-corrected chi connectivity index (χ0v) is 15.7. The van der Waals surface area contributed by atoms with Gasteiger partial charge in [0.15, 0.2) is 0 Å². The molecule has 2 aromatic heterocycles. The normalized spacial score (nSPS) is 10.8. The van der Waals surface area contributed by atoms with Crippen LogP contribution in [0.2, 0.25) is 0 Å². The molecule has 0 fully saturated rings. The molecule has 0 radical (unpaired) electrons. The number of nitriles is 1. The Balaban J connectivity index is 1.95. The summed E-state index contributed by atoms with van der Waals surface area (Å²) in [5, 5.41) is 14.2. The van der Waals surface area contributed by atoms with Crippen molar-refractivity contribution in [3.63, 3.8) is 0 Å². The van der Waals surface area contributed by atoms with Gasteiger partial charge in [-0.05, 0) is 36.4 Å². The topological polar surface area (TPSA) is 98.9 Å². The minimum atomic E-state index is -0.528. The van der Waals surface area contributed by atoms with E-state index in [0.717, 1.165) is 6.07 Å². The van der Waals surface area contributed by atoms with Gasteiger partial charge in [0.1, 0.15) is 28.9 Å². The Morgan fingerprint density at radius 3 is 2.62 bits per heavy atom. The molecule has 0 unspecified atom stereocenters. The molecule has 4 rings (SSSR count). The molecule has 8 heteroatoms. The largest absolute Gasteiger partial charge is 0.455 e. The van der Waals surface area contributed by atoms with Gasteiger partial charge in [0.05, 0.1) is 10.9 Å². The van der Waals surface area contributed by atoms with Crippen LogP contribution in [-0.4, -0.2) is 14.3 Å². The Morgan fingerprint density at radius 2 is 1.86 bits per heavy atom. The molecule has 0 aliphatic rings. The number of benzene rings is 2. The first-order valence-electron chi connectivity index (χ1n) is 8.68. The van der Waals surface area contributed by atoms with E-state index in [-0.39, 0.29) is 16.9 Å². The summed E-state index contributed by atoms with van der Waals surface area (Å²) >= 11 is 0. The summed E-state index contributed by atoms with van der Waals surface area (Å²) in [5.74, 6) is 0.0783. The van der Waals surface area contributed by atoms with Gasteiger partial charge in [-0.2, -0.15) is 10.4 Å². The lowest BCUT2D eigenvalue weighted by atomic mass is 10.0. The van der Waals surface area contributed by atoms with Gasteiger partial charge in [-0.3, -0.25) is 9.48 Å². The fourth-order valence-corrected chi connectivity index (χ4v) is 3.19. The van der Waals surface area contributed by atoms with Crippen molar-refractivity contribution in [3.8, 4) is 28.7 Å². The number of nitrogens with two attached hydrogens (primary N) is 1. The maximum absolute atomic E-state index is 13.5. The highest BCUT2D eigenvalue weighted by Gasteiger charge is 2.18. The average Bonchev–Trinajstić information content (AvgIpc) is 3.09. The number of fused-ring (bicyclic) bond motifs is 1.